The molecule has 0 heterocycles. The molecule has 7 atom stereocenters. The minimum atomic E-state index is -0.485. The van der Waals surface area contributed by atoms with Gasteiger partial charge in [0, 0.05) is 5.92 Å². The van der Waals surface area contributed by atoms with E-state index in [4.69, 9.17) is 0 Å². The lowest BCUT2D eigenvalue weighted by Gasteiger charge is -2.53. The summed E-state index contributed by atoms with van der Waals surface area (Å²) in [4.78, 5) is 0. The molecule has 7 unspecified atom stereocenters. The molecule has 0 radical (unpaired) electrons. The second-order valence-corrected chi connectivity index (χ2v) is 7.35. The number of allylic oxidation sites excluding steroid dienone is 1. The van der Waals surface area contributed by atoms with Gasteiger partial charge in [-0.1, -0.05) is 19.1 Å². The van der Waals surface area contributed by atoms with E-state index in [1.807, 2.05) is 0 Å². The van der Waals surface area contributed by atoms with Crippen LogP contribution in [0.4, 0.5) is 0 Å². The summed E-state index contributed by atoms with van der Waals surface area (Å²) < 4.78 is 0. The van der Waals surface area contributed by atoms with Gasteiger partial charge in [-0.2, -0.15) is 0 Å². The van der Waals surface area contributed by atoms with Crippen LogP contribution in [0.5, 0.6) is 0 Å². The zero-order chi connectivity index (χ0) is 11.8. The molecule has 0 saturated heterocycles. The van der Waals surface area contributed by atoms with E-state index in [0.29, 0.717) is 17.8 Å². The van der Waals surface area contributed by atoms with E-state index >= 15 is 0 Å². The number of hydrogen-bond acceptors (Lipinski definition) is 2. The molecule has 3 fully saturated rings. The summed E-state index contributed by atoms with van der Waals surface area (Å²) in [6.07, 6.45) is 9.54. The van der Waals surface area contributed by atoms with Crippen LogP contribution in [0.15, 0.2) is 12.2 Å². The summed E-state index contributed by atoms with van der Waals surface area (Å²) in [6.45, 7) is 2.28. The Bertz CT molecular complexity index is 390. The molecule has 0 aromatic carbocycles. The van der Waals surface area contributed by atoms with Crippen molar-refractivity contribution in [1.29, 1.82) is 0 Å². The molecule has 4 aliphatic carbocycles. The lowest BCUT2D eigenvalue weighted by Crippen LogP contribution is -2.52. The van der Waals surface area contributed by atoms with Crippen LogP contribution in [0.25, 0.3) is 0 Å². The smallest absolute Gasteiger partial charge is 0.0690 e. The van der Waals surface area contributed by atoms with Gasteiger partial charge >= 0.3 is 0 Å². The fourth-order valence-electron chi connectivity index (χ4n) is 5.54. The fraction of sp³-hybridized carbons (Fsp3) is 0.867. The SMILES string of the molecule is CC12CC3C=CC1C(O)C1CCC1C(O)(C3)C2. The first kappa shape index (κ1) is 10.6. The van der Waals surface area contributed by atoms with Gasteiger partial charge in [-0.3, -0.25) is 0 Å². The molecule has 0 aromatic heterocycles. The van der Waals surface area contributed by atoms with E-state index in [2.05, 4.69) is 19.1 Å². The maximum atomic E-state index is 11.0. The van der Waals surface area contributed by atoms with E-state index in [-0.39, 0.29) is 17.4 Å². The van der Waals surface area contributed by atoms with Crippen molar-refractivity contribution in [2.75, 3.05) is 0 Å². The van der Waals surface area contributed by atoms with Crippen molar-refractivity contribution in [2.24, 2.45) is 29.1 Å². The Labute approximate surface area is 103 Å². The minimum absolute atomic E-state index is 0.128. The molecule has 0 amide bonds. The third-order valence-electron chi connectivity index (χ3n) is 6.27. The average Bonchev–Trinajstić information content (AvgIpc) is 2.12. The fourth-order valence-corrected chi connectivity index (χ4v) is 5.54. The molecule has 0 spiro atoms. The van der Waals surface area contributed by atoms with Gasteiger partial charge in [0.25, 0.3) is 0 Å². The Balaban J connectivity index is 1.87. The average molecular weight is 234 g/mol. The normalized spacial score (nSPS) is 63.8. The highest BCUT2D eigenvalue weighted by molar-refractivity contribution is 5.20. The van der Waals surface area contributed by atoms with Crippen molar-refractivity contribution in [3.8, 4) is 0 Å². The second-order valence-electron chi connectivity index (χ2n) is 7.35. The Kier molecular flexibility index (Phi) is 1.85. The molecular formula is C15H22O2. The molecule has 3 bridgehead atoms. The first-order valence-electron chi connectivity index (χ1n) is 7.11. The molecule has 2 heteroatoms. The van der Waals surface area contributed by atoms with Crippen LogP contribution < -0.4 is 0 Å². The first-order chi connectivity index (χ1) is 8.02. The molecule has 94 valence electrons. The first-order valence-corrected chi connectivity index (χ1v) is 7.11. The molecule has 0 aliphatic heterocycles. The number of aliphatic hydroxyl groups is 2. The summed E-state index contributed by atoms with van der Waals surface area (Å²) >= 11 is 0. The summed E-state index contributed by atoms with van der Waals surface area (Å²) in [5.74, 6) is 1.54. The zero-order valence-electron chi connectivity index (χ0n) is 10.5. The molecule has 2 nitrogen and oxygen atoms in total. The van der Waals surface area contributed by atoms with E-state index in [9.17, 15) is 10.2 Å². The van der Waals surface area contributed by atoms with E-state index in [0.717, 1.165) is 32.1 Å². The summed E-state index contributed by atoms with van der Waals surface area (Å²) in [7, 11) is 0. The van der Waals surface area contributed by atoms with Gasteiger partial charge in [-0.05, 0) is 55.3 Å². The van der Waals surface area contributed by atoms with Crippen LogP contribution >= 0.6 is 0 Å². The summed E-state index contributed by atoms with van der Waals surface area (Å²) in [5.41, 5.74) is -0.357. The minimum Gasteiger partial charge on any atom is -0.392 e. The Morgan fingerprint density at radius 3 is 2.71 bits per heavy atom. The lowest BCUT2D eigenvalue weighted by atomic mass is 9.55. The van der Waals surface area contributed by atoms with Crippen LogP contribution in [-0.2, 0) is 0 Å². The summed E-state index contributed by atoms with van der Waals surface area (Å²) in [6, 6.07) is 0. The van der Waals surface area contributed by atoms with Crippen LogP contribution in [0, 0.1) is 29.1 Å². The van der Waals surface area contributed by atoms with E-state index < -0.39 is 5.60 Å². The number of fused-ring (bicyclic) bond motifs is 4. The molecule has 2 N–H and O–H groups in total. The Morgan fingerprint density at radius 2 is 2.00 bits per heavy atom. The van der Waals surface area contributed by atoms with Gasteiger partial charge < -0.3 is 10.2 Å². The van der Waals surface area contributed by atoms with Crippen molar-refractivity contribution < 1.29 is 10.2 Å². The van der Waals surface area contributed by atoms with Crippen LogP contribution in [0.2, 0.25) is 0 Å². The van der Waals surface area contributed by atoms with Crippen LogP contribution in [0.1, 0.15) is 39.0 Å². The summed E-state index contributed by atoms with van der Waals surface area (Å²) in [5, 5.41) is 21.7. The Morgan fingerprint density at radius 1 is 1.18 bits per heavy atom. The third-order valence-corrected chi connectivity index (χ3v) is 6.27. The molecule has 3 saturated carbocycles. The maximum Gasteiger partial charge on any atom is 0.0690 e. The van der Waals surface area contributed by atoms with Crippen molar-refractivity contribution in [3.63, 3.8) is 0 Å². The van der Waals surface area contributed by atoms with Gasteiger partial charge in [-0.15, -0.1) is 0 Å². The standard InChI is InChI=1S/C15H22O2/c1-14-6-9-2-4-12(14)13(16)10-3-5-11(10)15(17,7-9)8-14/h2,4,9-13,16-17H,3,5-8H2,1H3. The van der Waals surface area contributed by atoms with Gasteiger partial charge in [0.2, 0.25) is 0 Å². The number of hydrogen-bond donors (Lipinski definition) is 2. The lowest BCUT2D eigenvalue weighted by molar-refractivity contribution is -0.132. The topological polar surface area (TPSA) is 40.5 Å². The van der Waals surface area contributed by atoms with Gasteiger partial charge in [0.15, 0.2) is 0 Å². The monoisotopic (exact) mass is 234 g/mol. The van der Waals surface area contributed by atoms with Gasteiger partial charge in [0.05, 0.1) is 11.7 Å². The maximum absolute atomic E-state index is 11.0. The second kappa shape index (κ2) is 2.97. The molecule has 0 aromatic rings. The molecule has 4 rings (SSSR count). The quantitative estimate of drug-likeness (QED) is 0.630. The number of rotatable bonds is 0. The molecule has 4 aliphatic rings. The third kappa shape index (κ3) is 1.18. The highest BCUT2D eigenvalue weighted by atomic mass is 16.3. The molecular weight excluding hydrogens is 212 g/mol. The van der Waals surface area contributed by atoms with Gasteiger partial charge in [-0.25, -0.2) is 0 Å². The van der Waals surface area contributed by atoms with E-state index in [1.165, 1.54) is 0 Å². The predicted octanol–water partition coefficient (Wildman–Crippen LogP) is 2.11. The van der Waals surface area contributed by atoms with Crippen LogP contribution in [0.3, 0.4) is 0 Å². The molecule has 17 heavy (non-hydrogen) atoms. The highest BCUT2D eigenvalue weighted by Gasteiger charge is 2.62. The van der Waals surface area contributed by atoms with Crippen molar-refractivity contribution >= 4 is 0 Å². The Hall–Kier alpha value is -0.340. The highest BCUT2D eigenvalue weighted by Crippen LogP contribution is 2.63. The van der Waals surface area contributed by atoms with Gasteiger partial charge in [0.1, 0.15) is 0 Å². The van der Waals surface area contributed by atoms with Crippen molar-refractivity contribution in [3.05, 3.63) is 12.2 Å². The van der Waals surface area contributed by atoms with Crippen molar-refractivity contribution in [2.45, 2.75) is 50.7 Å². The predicted molar refractivity (Wildman–Crippen MR) is 65.2 cm³/mol. The van der Waals surface area contributed by atoms with Crippen LogP contribution in [-0.4, -0.2) is 21.9 Å². The number of aliphatic hydroxyl groups excluding tert-OH is 1. The zero-order valence-corrected chi connectivity index (χ0v) is 10.5. The largest absolute Gasteiger partial charge is 0.392 e. The van der Waals surface area contributed by atoms with E-state index in [1.54, 1.807) is 0 Å². The van der Waals surface area contributed by atoms with Crippen molar-refractivity contribution in [1.82, 2.24) is 0 Å².